The summed E-state index contributed by atoms with van der Waals surface area (Å²) in [4.78, 5) is 25.5. The molecule has 10 heteroatoms. The molecule has 1 saturated heterocycles. The summed E-state index contributed by atoms with van der Waals surface area (Å²) in [7, 11) is 0. The van der Waals surface area contributed by atoms with Crippen LogP contribution in [0.1, 0.15) is 36.5 Å². The highest BCUT2D eigenvalue weighted by atomic mass is 79.9. The van der Waals surface area contributed by atoms with E-state index in [1.807, 2.05) is 13.8 Å². The summed E-state index contributed by atoms with van der Waals surface area (Å²) in [6.07, 6.45) is 0. The van der Waals surface area contributed by atoms with Gasteiger partial charge in [-0.3, -0.25) is 20.2 Å². The van der Waals surface area contributed by atoms with Crippen molar-refractivity contribution >= 4 is 27.5 Å². The number of nitro groups is 1. The molecular formula is C27H25BrFN3O5. The number of rotatable bonds is 7. The Labute approximate surface area is 221 Å². The standard InChI is InChI=1S/C27H25BrFN3O5/c1-3-36-22-13-17(12-19(28)24(22)37-14-16-8-4-6-10-20(16)29)23-15(2)31-27(25(23)32(34)35)18-9-5-7-11-21(18)30-26(27)33/h4-13,15,23,25,31H,3,14H2,1-2H3,(H,30,33)/t15-,23-,25+,27+/m0/s1. The average Bonchev–Trinajstić information content (AvgIpc) is 3.33. The average molecular weight is 570 g/mol. The molecule has 1 spiro atoms. The van der Waals surface area contributed by atoms with E-state index in [1.165, 1.54) is 6.07 Å². The maximum Gasteiger partial charge on any atom is 0.256 e. The Morgan fingerprint density at radius 1 is 1.14 bits per heavy atom. The third kappa shape index (κ3) is 4.14. The molecule has 0 saturated carbocycles. The third-order valence-corrected chi connectivity index (χ3v) is 7.60. The van der Waals surface area contributed by atoms with Crippen molar-refractivity contribution < 1.29 is 23.6 Å². The molecule has 5 rings (SSSR count). The first-order valence-corrected chi connectivity index (χ1v) is 12.7. The van der Waals surface area contributed by atoms with Crippen LogP contribution in [0.4, 0.5) is 10.1 Å². The number of benzene rings is 3. The van der Waals surface area contributed by atoms with E-state index in [0.29, 0.717) is 45.0 Å². The van der Waals surface area contributed by atoms with Gasteiger partial charge in [-0.15, -0.1) is 0 Å². The Bertz CT molecular complexity index is 1390. The van der Waals surface area contributed by atoms with Gasteiger partial charge in [-0.1, -0.05) is 36.4 Å². The van der Waals surface area contributed by atoms with Crippen LogP contribution in [0, 0.1) is 15.9 Å². The van der Waals surface area contributed by atoms with Crippen molar-refractivity contribution in [1.29, 1.82) is 0 Å². The van der Waals surface area contributed by atoms with Gasteiger partial charge in [0, 0.05) is 27.8 Å². The van der Waals surface area contributed by atoms with Gasteiger partial charge in [0.05, 0.1) is 17.0 Å². The number of anilines is 1. The van der Waals surface area contributed by atoms with Gasteiger partial charge in [0.2, 0.25) is 0 Å². The predicted octanol–water partition coefficient (Wildman–Crippen LogP) is 5.13. The Hall–Kier alpha value is -3.50. The molecule has 37 heavy (non-hydrogen) atoms. The van der Waals surface area contributed by atoms with Gasteiger partial charge in [-0.25, -0.2) is 4.39 Å². The summed E-state index contributed by atoms with van der Waals surface area (Å²) in [5.74, 6) is -0.756. The minimum atomic E-state index is -1.51. The van der Waals surface area contributed by atoms with E-state index in [2.05, 4.69) is 26.6 Å². The first-order valence-electron chi connectivity index (χ1n) is 11.9. The fourth-order valence-electron chi connectivity index (χ4n) is 5.50. The van der Waals surface area contributed by atoms with Gasteiger partial charge >= 0.3 is 0 Å². The lowest BCUT2D eigenvalue weighted by molar-refractivity contribution is -0.532. The van der Waals surface area contributed by atoms with Crippen LogP contribution in [0.3, 0.4) is 0 Å². The van der Waals surface area contributed by atoms with Crippen LogP contribution in [0.25, 0.3) is 0 Å². The molecule has 8 nitrogen and oxygen atoms in total. The number of hydrogen-bond acceptors (Lipinski definition) is 6. The molecule has 1 fully saturated rings. The lowest BCUT2D eigenvalue weighted by Crippen LogP contribution is -2.54. The van der Waals surface area contributed by atoms with E-state index in [4.69, 9.17) is 9.47 Å². The second kappa shape index (κ2) is 9.75. The van der Waals surface area contributed by atoms with Crippen LogP contribution in [-0.2, 0) is 16.9 Å². The highest BCUT2D eigenvalue weighted by molar-refractivity contribution is 9.10. The molecule has 3 aromatic rings. The molecule has 0 radical (unpaired) electrons. The number of nitrogens with zero attached hydrogens (tertiary/aromatic N) is 1. The van der Waals surface area contributed by atoms with Crippen molar-refractivity contribution in [3.05, 3.63) is 97.8 Å². The quantitative estimate of drug-likeness (QED) is 0.302. The van der Waals surface area contributed by atoms with Crippen LogP contribution >= 0.6 is 15.9 Å². The topological polar surface area (TPSA) is 103 Å². The first kappa shape index (κ1) is 25.2. The molecule has 1 amide bonds. The zero-order valence-electron chi connectivity index (χ0n) is 20.2. The van der Waals surface area contributed by atoms with Crippen molar-refractivity contribution in [2.75, 3.05) is 11.9 Å². The zero-order chi connectivity index (χ0) is 26.3. The number of amides is 1. The number of fused-ring (bicyclic) bond motifs is 2. The van der Waals surface area contributed by atoms with E-state index in [1.54, 1.807) is 54.6 Å². The van der Waals surface area contributed by atoms with E-state index in [9.17, 15) is 19.3 Å². The number of halogens is 2. The number of para-hydroxylation sites is 1. The zero-order valence-corrected chi connectivity index (χ0v) is 21.8. The first-order chi connectivity index (χ1) is 17.8. The van der Waals surface area contributed by atoms with Crippen molar-refractivity contribution in [1.82, 2.24) is 5.32 Å². The highest BCUT2D eigenvalue weighted by Crippen LogP contribution is 2.51. The second-order valence-corrected chi connectivity index (χ2v) is 9.99. The predicted molar refractivity (Wildman–Crippen MR) is 139 cm³/mol. The lowest BCUT2D eigenvalue weighted by Gasteiger charge is -2.26. The van der Waals surface area contributed by atoms with Crippen LogP contribution < -0.4 is 20.1 Å². The summed E-state index contributed by atoms with van der Waals surface area (Å²) in [6, 6.07) is 15.1. The maximum atomic E-state index is 14.1. The molecule has 0 bridgehead atoms. The summed E-state index contributed by atoms with van der Waals surface area (Å²) < 4.78 is 26.4. The molecule has 0 aliphatic carbocycles. The molecule has 0 aromatic heterocycles. The van der Waals surface area contributed by atoms with Crippen molar-refractivity contribution in [3.63, 3.8) is 0 Å². The summed E-state index contributed by atoms with van der Waals surface area (Å²) in [5.41, 5.74) is 0.612. The van der Waals surface area contributed by atoms with Gasteiger partial charge in [0.15, 0.2) is 17.0 Å². The Balaban J connectivity index is 1.55. The summed E-state index contributed by atoms with van der Waals surface area (Å²) >= 11 is 3.53. The van der Waals surface area contributed by atoms with Crippen LogP contribution in [0.2, 0.25) is 0 Å². The molecule has 2 aliphatic rings. The number of carbonyl (C=O) groups excluding carboxylic acids is 1. The van der Waals surface area contributed by atoms with E-state index >= 15 is 0 Å². The SMILES string of the molecule is CCOc1cc([C@@H]2[C@H](C)N[C@@]3(C(=O)Nc4ccccc43)[C@@H]2[N+](=O)[O-])cc(Br)c1OCc1ccccc1F. The van der Waals surface area contributed by atoms with Crippen LogP contribution in [-0.4, -0.2) is 29.5 Å². The molecule has 2 heterocycles. The normalized spacial score (nSPS) is 24.1. The van der Waals surface area contributed by atoms with Gasteiger partial charge in [0.1, 0.15) is 12.4 Å². The fraction of sp³-hybridized carbons (Fsp3) is 0.296. The summed E-state index contributed by atoms with van der Waals surface area (Å²) in [5, 5.41) is 18.7. The van der Waals surface area contributed by atoms with E-state index < -0.39 is 29.4 Å². The Kier molecular flexibility index (Phi) is 6.63. The van der Waals surface area contributed by atoms with Gasteiger partial charge < -0.3 is 14.8 Å². The monoisotopic (exact) mass is 569 g/mol. The summed E-state index contributed by atoms with van der Waals surface area (Å²) in [6.45, 7) is 3.95. The number of ether oxygens (including phenoxy) is 2. The lowest BCUT2D eigenvalue weighted by atomic mass is 9.78. The molecule has 2 aliphatic heterocycles. The molecule has 0 unspecified atom stereocenters. The van der Waals surface area contributed by atoms with Gasteiger partial charge in [0.25, 0.3) is 11.9 Å². The second-order valence-electron chi connectivity index (χ2n) is 9.14. The molecule has 3 aromatic carbocycles. The van der Waals surface area contributed by atoms with Crippen molar-refractivity contribution in [2.45, 2.75) is 44.0 Å². The van der Waals surface area contributed by atoms with Crippen LogP contribution in [0.15, 0.2) is 65.1 Å². The maximum absolute atomic E-state index is 14.1. The molecule has 4 atom stereocenters. The van der Waals surface area contributed by atoms with Crippen molar-refractivity contribution in [3.8, 4) is 11.5 Å². The molecule has 2 N–H and O–H groups in total. The number of carbonyl (C=O) groups is 1. The van der Waals surface area contributed by atoms with E-state index in [-0.39, 0.29) is 17.3 Å². The largest absolute Gasteiger partial charge is 0.490 e. The van der Waals surface area contributed by atoms with Gasteiger partial charge in [-0.05, 0) is 59.6 Å². The van der Waals surface area contributed by atoms with Gasteiger partial charge in [-0.2, -0.15) is 0 Å². The minimum Gasteiger partial charge on any atom is -0.490 e. The number of hydrogen-bond donors (Lipinski definition) is 2. The van der Waals surface area contributed by atoms with Crippen LogP contribution in [0.5, 0.6) is 11.5 Å². The van der Waals surface area contributed by atoms with E-state index in [0.717, 1.165) is 0 Å². The number of nitrogens with one attached hydrogen (secondary N) is 2. The Morgan fingerprint density at radius 2 is 1.86 bits per heavy atom. The molecule has 192 valence electrons. The molecular weight excluding hydrogens is 545 g/mol. The third-order valence-electron chi connectivity index (χ3n) is 7.01. The smallest absolute Gasteiger partial charge is 0.256 e. The minimum absolute atomic E-state index is 0.0241. The van der Waals surface area contributed by atoms with Crippen molar-refractivity contribution in [2.24, 2.45) is 0 Å². The highest BCUT2D eigenvalue weighted by Gasteiger charge is 2.67. The Morgan fingerprint density at radius 3 is 2.59 bits per heavy atom. The fourth-order valence-corrected chi connectivity index (χ4v) is 6.08.